The lowest BCUT2D eigenvalue weighted by molar-refractivity contribution is -0.122. The van der Waals surface area contributed by atoms with E-state index in [4.69, 9.17) is 12.2 Å². The summed E-state index contributed by atoms with van der Waals surface area (Å²) in [6.45, 7) is 5.10. The molecule has 0 atom stereocenters. The average molecular weight is 451 g/mol. The van der Waals surface area contributed by atoms with Crippen LogP contribution in [0.1, 0.15) is 30.0 Å². The topological polar surface area (TPSA) is 66.7 Å². The molecule has 0 bridgehead atoms. The van der Waals surface area contributed by atoms with E-state index in [9.17, 15) is 9.59 Å². The molecule has 31 heavy (non-hydrogen) atoms. The number of pyridine rings is 1. The molecule has 8 heteroatoms. The van der Waals surface area contributed by atoms with Gasteiger partial charge in [0.25, 0.3) is 11.5 Å². The number of carbonyl (C=O) groups is 1. The second-order valence-electron chi connectivity index (χ2n) is 7.28. The van der Waals surface area contributed by atoms with E-state index in [2.05, 4.69) is 10.3 Å². The lowest BCUT2D eigenvalue weighted by Gasteiger charge is -2.12. The van der Waals surface area contributed by atoms with Crippen LogP contribution < -0.4 is 10.9 Å². The molecule has 1 aromatic carbocycles. The molecule has 0 aliphatic carbocycles. The van der Waals surface area contributed by atoms with E-state index in [1.54, 1.807) is 29.3 Å². The third-order valence-electron chi connectivity index (χ3n) is 4.95. The van der Waals surface area contributed by atoms with Crippen molar-refractivity contribution in [2.75, 3.05) is 11.9 Å². The number of thioether (sulfide) groups is 1. The standard InChI is InChI=1S/C23H22N4O2S2/c1-3-11-27-22(29)18(31-23(27)30)13-17-20(24-14-16-9-7-15(2)8-10-16)25-19-6-4-5-12-26(19)21(17)28/h4-10,12-13,24H,3,11,14H2,1-2H3. The largest absolute Gasteiger partial charge is 0.365 e. The van der Waals surface area contributed by atoms with Crippen molar-refractivity contribution >= 4 is 51.7 Å². The van der Waals surface area contributed by atoms with E-state index >= 15 is 0 Å². The van der Waals surface area contributed by atoms with E-state index in [1.807, 2.05) is 44.2 Å². The van der Waals surface area contributed by atoms with Crippen LogP contribution in [0.4, 0.5) is 5.82 Å². The summed E-state index contributed by atoms with van der Waals surface area (Å²) in [6.07, 6.45) is 4.10. The van der Waals surface area contributed by atoms with E-state index in [0.29, 0.717) is 39.3 Å². The fourth-order valence-corrected chi connectivity index (χ4v) is 4.60. The number of nitrogens with one attached hydrogen (secondary N) is 1. The predicted molar refractivity (Wildman–Crippen MR) is 130 cm³/mol. The lowest BCUT2D eigenvalue weighted by Crippen LogP contribution is -2.28. The summed E-state index contributed by atoms with van der Waals surface area (Å²) < 4.78 is 2.00. The van der Waals surface area contributed by atoms with Gasteiger partial charge in [-0.05, 0) is 37.1 Å². The number of hydrogen-bond acceptors (Lipinski definition) is 6. The minimum atomic E-state index is -0.238. The Morgan fingerprint density at radius 2 is 1.94 bits per heavy atom. The van der Waals surface area contributed by atoms with E-state index in [-0.39, 0.29) is 11.5 Å². The molecule has 0 unspecified atom stereocenters. The van der Waals surface area contributed by atoms with Crippen molar-refractivity contribution in [3.05, 3.63) is 80.6 Å². The molecule has 158 valence electrons. The Morgan fingerprint density at radius 3 is 2.68 bits per heavy atom. The number of rotatable bonds is 6. The van der Waals surface area contributed by atoms with Crippen LogP contribution in [0.5, 0.6) is 0 Å². The molecule has 0 spiro atoms. The molecular weight excluding hydrogens is 428 g/mol. The number of carbonyl (C=O) groups excluding carboxylic acids is 1. The molecule has 1 N–H and O–H groups in total. The summed E-state index contributed by atoms with van der Waals surface area (Å²) in [5.74, 6) is 0.274. The summed E-state index contributed by atoms with van der Waals surface area (Å²) in [5, 5.41) is 3.28. The first kappa shape index (κ1) is 21.3. The maximum absolute atomic E-state index is 13.3. The fourth-order valence-electron chi connectivity index (χ4n) is 3.31. The number of aromatic nitrogens is 2. The molecule has 1 fully saturated rings. The minimum Gasteiger partial charge on any atom is -0.365 e. The normalized spacial score (nSPS) is 15.3. The van der Waals surface area contributed by atoms with Gasteiger partial charge in [-0.3, -0.25) is 18.9 Å². The second kappa shape index (κ2) is 9.03. The minimum absolute atomic E-state index is 0.168. The zero-order chi connectivity index (χ0) is 22.0. The van der Waals surface area contributed by atoms with Crippen LogP contribution in [-0.4, -0.2) is 31.1 Å². The number of hydrogen-bond donors (Lipinski definition) is 1. The maximum Gasteiger partial charge on any atom is 0.267 e. The molecule has 1 aliphatic heterocycles. The molecule has 3 aromatic rings. The first-order chi connectivity index (χ1) is 15.0. The number of fused-ring (bicyclic) bond motifs is 1. The number of amides is 1. The van der Waals surface area contributed by atoms with E-state index in [1.165, 1.54) is 21.7 Å². The molecule has 3 heterocycles. The smallest absolute Gasteiger partial charge is 0.267 e. The highest BCUT2D eigenvalue weighted by atomic mass is 32.2. The van der Waals surface area contributed by atoms with Crippen LogP contribution >= 0.6 is 24.0 Å². The molecule has 6 nitrogen and oxygen atoms in total. The number of nitrogens with zero attached hydrogens (tertiary/aromatic N) is 3. The molecule has 2 aromatic heterocycles. The van der Waals surface area contributed by atoms with Gasteiger partial charge in [0.1, 0.15) is 15.8 Å². The van der Waals surface area contributed by atoms with Crippen molar-refractivity contribution in [2.24, 2.45) is 0 Å². The highest BCUT2D eigenvalue weighted by Crippen LogP contribution is 2.33. The zero-order valence-electron chi connectivity index (χ0n) is 17.3. The van der Waals surface area contributed by atoms with Crippen LogP contribution in [0.2, 0.25) is 0 Å². The van der Waals surface area contributed by atoms with Gasteiger partial charge in [0.2, 0.25) is 0 Å². The molecule has 1 amide bonds. The fraction of sp³-hybridized carbons (Fsp3) is 0.217. The number of benzene rings is 1. The molecule has 4 rings (SSSR count). The van der Waals surface area contributed by atoms with Gasteiger partial charge in [-0.2, -0.15) is 0 Å². The van der Waals surface area contributed by atoms with Gasteiger partial charge < -0.3 is 5.32 Å². The van der Waals surface area contributed by atoms with Gasteiger partial charge in [0, 0.05) is 19.3 Å². The predicted octanol–water partition coefficient (Wildman–Crippen LogP) is 4.23. The van der Waals surface area contributed by atoms with E-state index < -0.39 is 0 Å². The SMILES string of the molecule is CCCN1C(=O)C(=Cc2c(NCc3ccc(C)cc3)nc3ccccn3c2=O)SC1=S. The van der Waals surface area contributed by atoms with Crippen LogP contribution in [-0.2, 0) is 11.3 Å². The summed E-state index contributed by atoms with van der Waals surface area (Å²) in [4.78, 5) is 32.7. The first-order valence-corrected chi connectivity index (χ1v) is 11.3. The molecule has 0 radical (unpaired) electrons. The van der Waals surface area contributed by atoms with Crippen molar-refractivity contribution < 1.29 is 4.79 Å². The van der Waals surface area contributed by atoms with Crippen LogP contribution in [0.15, 0.2) is 58.4 Å². The molecule has 1 saturated heterocycles. The molecule has 0 saturated carbocycles. The first-order valence-electron chi connectivity index (χ1n) is 10.0. The Bertz CT molecular complexity index is 1250. The Kier molecular flexibility index (Phi) is 6.20. The van der Waals surface area contributed by atoms with Crippen molar-refractivity contribution in [3.63, 3.8) is 0 Å². The summed E-state index contributed by atoms with van der Waals surface area (Å²) in [5.41, 5.74) is 2.89. The van der Waals surface area contributed by atoms with Crippen LogP contribution in [0.3, 0.4) is 0 Å². The van der Waals surface area contributed by atoms with Crippen LogP contribution in [0, 0.1) is 6.92 Å². The van der Waals surface area contributed by atoms with Crippen molar-refractivity contribution in [3.8, 4) is 0 Å². The van der Waals surface area contributed by atoms with E-state index in [0.717, 1.165) is 12.0 Å². The van der Waals surface area contributed by atoms with Crippen molar-refractivity contribution in [1.29, 1.82) is 0 Å². The molecular formula is C23H22N4O2S2. The van der Waals surface area contributed by atoms with Gasteiger partial charge >= 0.3 is 0 Å². The summed E-state index contributed by atoms with van der Waals surface area (Å²) >= 11 is 6.58. The number of aryl methyl sites for hydroxylation is 1. The van der Waals surface area contributed by atoms with Crippen molar-refractivity contribution in [2.45, 2.75) is 26.8 Å². The quantitative estimate of drug-likeness (QED) is 0.448. The Balaban J connectivity index is 1.76. The Labute approximate surface area is 190 Å². The summed E-state index contributed by atoms with van der Waals surface area (Å²) in [6, 6.07) is 13.5. The highest BCUT2D eigenvalue weighted by Gasteiger charge is 2.31. The Morgan fingerprint density at radius 1 is 1.16 bits per heavy atom. The molecule has 1 aliphatic rings. The third-order valence-corrected chi connectivity index (χ3v) is 6.32. The average Bonchev–Trinajstić information content (AvgIpc) is 3.03. The lowest BCUT2D eigenvalue weighted by atomic mass is 10.1. The van der Waals surface area contributed by atoms with Gasteiger partial charge in [-0.15, -0.1) is 0 Å². The van der Waals surface area contributed by atoms with Gasteiger partial charge in [-0.25, -0.2) is 4.98 Å². The van der Waals surface area contributed by atoms with Gasteiger partial charge in [0.05, 0.1) is 10.5 Å². The third kappa shape index (κ3) is 4.40. The number of thiocarbonyl (C=S) groups is 1. The van der Waals surface area contributed by atoms with Gasteiger partial charge in [-0.1, -0.05) is 66.8 Å². The van der Waals surface area contributed by atoms with Gasteiger partial charge in [0.15, 0.2) is 0 Å². The monoisotopic (exact) mass is 450 g/mol. The second-order valence-corrected chi connectivity index (χ2v) is 8.96. The maximum atomic E-state index is 13.3. The summed E-state index contributed by atoms with van der Waals surface area (Å²) in [7, 11) is 0. The highest BCUT2D eigenvalue weighted by molar-refractivity contribution is 8.26. The van der Waals surface area contributed by atoms with Crippen LogP contribution in [0.25, 0.3) is 11.7 Å². The van der Waals surface area contributed by atoms with Crippen molar-refractivity contribution in [1.82, 2.24) is 14.3 Å². The number of anilines is 1. The Hall–Kier alpha value is -2.97. The zero-order valence-corrected chi connectivity index (χ0v) is 18.9.